The third-order valence-electron chi connectivity index (χ3n) is 10.3. The monoisotopic (exact) mass is 651 g/mol. The van der Waals surface area contributed by atoms with Crippen LogP contribution in [0, 0.1) is 18.3 Å². The molecule has 0 radical (unpaired) electrons. The molecule has 0 unspecified atom stereocenters. The zero-order valence-corrected chi connectivity index (χ0v) is 28.4. The number of nitrogens with zero attached hydrogens (tertiary/aromatic N) is 1. The number of hydrogen-bond donors (Lipinski definition) is 0. The van der Waals surface area contributed by atoms with Gasteiger partial charge in [0.25, 0.3) is 0 Å². The largest absolute Gasteiger partial charge is 0.497 e. The molecule has 0 amide bonds. The number of nitriles is 1. The SMILES string of the molecule is COc1ccc(-c2c3ccccc3c(-c3ccc(-c4c5ccccc5c(-c5ccc(C#N)cc5)c5ccccc45)cc3C)c3ccccc23)cc1. The lowest BCUT2D eigenvalue weighted by Gasteiger charge is -2.20. The van der Waals surface area contributed by atoms with Crippen LogP contribution in [0.5, 0.6) is 5.75 Å². The van der Waals surface area contributed by atoms with Gasteiger partial charge in [-0.3, -0.25) is 0 Å². The molecule has 9 aromatic rings. The molecule has 51 heavy (non-hydrogen) atoms. The molecule has 9 rings (SSSR count). The highest BCUT2D eigenvalue weighted by atomic mass is 16.5. The third-order valence-corrected chi connectivity index (χ3v) is 10.3. The average Bonchev–Trinajstić information content (AvgIpc) is 3.19. The van der Waals surface area contributed by atoms with E-state index in [4.69, 9.17) is 4.74 Å². The number of benzene rings is 9. The van der Waals surface area contributed by atoms with E-state index in [2.05, 4.69) is 153 Å². The molecule has 0 fully saturated rings. The van der Waals surface area contributed by atoms with E-state index in [1.165, 1.54) is 87.6 Å². The van der Waals surface area contributed by atoms with Crippen LogP contribution in [0.25, 0.3) is 87.6 Å². The standard InChI is InChI=1S/C49H33NO/c1-31-29-35(48-40-13-5-3-11-38(40)46(39-12-4-6-14-41(39)48)33-21-19-32(30-50)20-22-33)25-28-37(31)49-44-17-9-7-15-42(44)47(43-16-8-10-18-45(43)49)34-23-26-36(51-2)27-24-34/h3-29H,1-2H3. The minimum atomic E-state index is 0.662. The van der Waals surface area contributed by atoms with Crippen molar-refractivity contribution >= 4 is 43.1 Å². The predicted molar refractivity (Wildman–Crippen MR) is 214 cm³/mol. The highest BCUT2D eigenvalue weighted by molar-refractivity contribution is 6.23. The summed E-state index contributed by atoms with van der Waals surface area (Å²) in [4.78, 5) is 0. The van der Waals surface area contributed by atoms with Crippen LogP contribution in [-0.4, -0.2) is 7.11 Å². The Hall–Kier alpha value is -6.69. The van der Waals surface area contributed by atoms with Crippen molar-refractivity contribution < 1.29 is 4.74 Å². The second-order valence-corrected chi connectivity index (χ2v) is 13.1. The van der Waals surface area contributed by atoms with Gasteiger partial charge in [0.2, 0.25) is 0 Å². The minimum Gasteiger partial charge on any atom is -0.497 e. The molecule has 0 aromatic heterocycles. The number of ether oxygens (including phenoxy) is 1. The van der Waals surface area contributed by atoms with E-state index in [-0.39, 0.29) is 0 Å². The zero-order valence-electron chi connectivity index (χ0n) is 28.4. The fourth-order valence-corrected chi connectivity index (χ4v) is 8.05. The Labute approximate surface area is 297 Å². The summed E-state index contributed by atoms with van der Waals surface area (Å²) in [5.74, 6) is 0.851. The summed E-state index contributed by atoms with van der Waals surface area (Å²) in [6.07, 6.45) is 0. The molecule has 0 N–H and O–H groups in total. The zero-order chi connectivity index (χ0) is 34.5. The fraction of sp³-hybridized carbons (Fsp3) is 0.0408. The molecule has 0 aliphatic rings. The van der Waals surface area contributed by atoms with Gasteiger partial charge in [-0.2, -0.15) is 5.26 Å². The topological polar surface area (TPSA) is 33.0 Å². The molecule has 0 saturated heterocycles. The summed E-state index contributed by atoms with van der Waals surface area (Å²) in [6.45, 7) is 2.25. The van der Waals surface area contributed by atoms with Gasteiger partial charge in [0.1, 0.15) is 5.75 Å². The molecular formula is C49H33NO. The van der Waals surface area contributed by atoms with Gasteiger partial charge in [-0.05, 0) is 124 Å². The number of rotatable bonds is 5. The van der Waals surface area contributed by atoms with Crippen molar-refractivity contribution in [2.45, 2.75) is 6.92 Å². The molecule has 2 heteroatoms. The smallest absolute Gasteiger partial charge is 0.118 e. The summed E-state index contributed by atoms with van der Waals surface area (Å²) in [6, 6.07) is 60.7. The van der Waals surface area contributed by atoms with Crippen molar-refractivity contribution in [2.24, 2.45) is 0 Å². The van der Waals surface area contributed by atoms with Crippen LogP contribution in [0.2, 0.25) is 0 Å². The molecule has 0 atom stereocenters. The predicted octanol–water partition coefficient (Wildman–Crippen LogP) is 13.2. The van der Waals surface area contributed by atoms with E-state index in [9.17, 15) is 5.26 Å². The Morgan fingerprint density at radius 2 is 0.765 bits per heavy atom. The maximum absolute atomic E-state index is 9.45. The summed E-state index contributed by atoms with van der Waals surface area (Å²) in [5.41, 5.74) is 11.5. The van der Waals surface area contributed by atoms with Crippen LogP contribution in [0.3, 0.4) is 0 Å². The van der Waals surface area contributed by atoms with Gasteiger partial charge in [-0.1, -0.05) is 140 Å². The quantitative estimate of drug-likeness (QED) is 0.174. The Balaban J connectivity index is 1.28. The molecule has 0 saturated carbocycles. The molecule has 0 aliphatic carbocycles. The lowest BCUT2D eigenvalue weighted by molar-refractivity contribution is 0.415. The number of aryl methyl sites for hydroxylation is 1. The Morgan fingerprint density at radius 1 is 0.412 bits per heavy atom. The first-order valence-electron chi connectivity index (χ1n) is 17.3. The molecule has 9 aromatic carbocycles. The van der Waals surface area contributed by atoms with E-state index >= 15 is 0 Å². The van der Waals surface area contributed by atoms with E-state index in [0.29, 0.717) is 5.56 Å². The third kappa shape index (κ3) is 4.94. The maximum Gasteiger partial charge on any atom is 0.118 e. The number of hydrogen-bond acceptors (Lipinski definition) is 2. The van der Waals surface area contributed by atoms with Gasteiger partial charge >= 0.3 is 0 Å². The molecule has 240 valence electrons. The minimum absolute atomic E-state index is 0.662. The maximum atomic E-state index is 9.45. The second kappa shape index (κ2) is 12.3. The Bertz CT molecular complexity index is 2730. The van der Waals surface area contributed by atoms with E-state index in [1.54, 1.807) is 7.11 Å². The van der Waals surface area contributed by atoms with Gasteiger partial charge < -0.3 is 4.74 Å². The van der Waals surface area contributed by atoms with Crippen molar-refractivity contribution in [3.05, 3.63) is 175 Å². The lowest BCUT2D eigenvalue weighted by atomic mass is 9.83. The normalized spacial score (nSPS) is 11.3. The molecule has 0 aliphatic heterocycles. The summed E-state index contributed by atoms with van der Waals surface area (Å²) < 4.78 is 5.48. The van der Waals surface area contributed by atoms with Gasteiger partial charge in [-0.25, -0.2) is 0 Å². The van der Waals surface area contributed by atoms with Gasteiger partial charge in [0.05, 0.1) is 18.7 Å². The van der Waals surface area contributed by atoms with Crippen molar-refractivity contribution in [2.75, 3.05) is 7.11 Å². The van der Waals surface area contributed by atoms with Crippen molar-refractivity contribution in [3.63, 3.8) is 0 Å². The Kier molecular flexibility index (Phi) is 7.34. The first kappa shape index (κ1) is 30.4. The van der Waals surface area contributed by atoms with Crippen molar-refractivity contribution in [3.8, 4) is 56.3 Å². The van der Waals surface area contributed by atoms with Crippen LogP contribution < -0.4 is 4.74 Å². The Morgan fingerprint density at radius 3 is 1.14 bits per heavy atom. The van der Waals surface area contributed by atoms with Crippen LogP contribution in [0.1, 0.15) is 11.1 Å². The van der Waals surface area contributed by atoms with Gasteiger partial charge in [0, 0.05) is 0 Å². The fourth-order valence-electron chi connectivity index (χ4n) is 8.05. The van der Waals surface area contributed by atoms with Crippen molar-refractivity contribution in [1.29, 1.82) is 5.26 Å². The van der Waals surface area contributed by atoms with E-state index in [0.717, 1.165) is 11.3 Å². The average molecular weight is 652 g/mol. The second-order valence-electron chi connectivity index (χ2n) is 13.1. The number of fused-ring (bicyclic) bond motifs is 4. The summed E-state index contributed by atoms with van der Waals surface area (Å²) in [5, 5.41) is 19.2. The van der Waals surface area contributed by atoms with Crippen LogP contribution in [0.4, 0.5) is 0 Å². The van der Waals surface area contributed by atoms with Crippen LogP contribution >= 0.6 is 0 Å². The molecule has 0 bridgehead atoms. The number of methoxy groups -OCH3 is 1. The first-order valence-corrected chi connectivity index (χ1v) is 17.3. The van der Waals surface area contributed by atoms with E-state index in [1.807, 2.05) is 24.3 Å². The summed E-state index contributed by atoms with van der Waals surface area (Å²) in [7, 11) is 1.71. The molecular weight excluding hydrogens is 619 g/mol. The van der Waals surface area contributed by atoms with Crippen molar-refractivity contribution in [1.82, 2.24) is 0 Å². The highest BCUT2D eigenvalue weighted by Crippen LogP contribution is 2.47. The van der Waals surface area contributed by atoms with Gasteiger partial charge in [-0.15, -0.1) is 0 Å². The van der Waals surface area contributed by atoms with Crippen LogP contribution in [-0.2, 0) is 0 Å². The van der Waals surface area contributed by atoms with E-state index < -0.39 is 0 Å². The molecule has 0 spiro atoms. The highest BCUT2D eigenvalue weighted by Gasteiger charge is 2.20. The summed E-state index contributed by atoms with van der Waals surface area (Å²) >= 11 is 0. The van der Waals surface area contributed by atoms with Crippen LogP contribution in [0.15, 0.2) is 164 Å². The van der Waals surface area contributed by atoms with Gasteiger partial charge in [0.15, 0.2) is 0 Å². The first-order chi connectivity index (χ1) is 25.1. The molecule has 2 nitrogen and oxygen atoms in total. The lowest BCUT2D eigenvalue weighted by Crippen LogP contribution is -1.94. The molecule has 0 heterocycles.